The number of hydrogen-bond acceptors (Lipinski definition) is 5. The Morgan fingerprint density at radius 3 is 2.43 bits per heavy atom. The minimum Gasteiger partial charge on any atom is -0.508 e. The van der Waals surface area contributed by atoms with E-state index in [1.807, 2.05) is 19.9 Å². The van der Waals surface area contributed by atoms with E-state index in [0.717, 1.165) is 0 Å². The second-order valence-electron chi connectivity index (χ2n) is 7.11. The molecule has 0 bridgehead atoms. The maximum Gasteiger partial charge on any atom is 0.294 e. The van der Waals surface area contributed by atoms with Crippen molar-refractivity contribution in [3.63, 3.8) is 0 Å². The third kappa shape index (κ3) is 3.47. The normalized spacial score (nSPS) is 16.6. The van der Waals surface area contributed by atoms with Gasteiger partial charge in [0.25, 0.3) is 5.91 Å². The Bertz CT molecular complexity index is 1000. The Hall–Kier alpha value is -3.59. The second-order valence-corrected chi connectivity index (χ2v) is 7.11. The standard InChI is InChI=1S/C22H20N2O4/c1-13(2)10-18(26)19-20(15-4-3-5-17(25)11-15)24(22(28)21(19)27)16-8-6-14(12-23)7-9-16/h3-9,11,13,20,25,27H,10H2,1-2H3. The van der Waals surface area contributed by atoms with E-state index in [1.165, 1.54) is 17.0 Å². The summed E-state index contributed by atoms with van der Waals surface area (Å²) >= 11 is 0. The van der Waals surface area contributed by atoms with Crippen LogP contribution in [-0.2, 0) is 9.59 Å². The third-order valence-electron chi connectivity index (χ3n) is 4.56. The molecule has 2 aromatic carbocycles. The number of nitriles is 1. The molecular weight excluding hydrogens is 356 g/mol. The van der Waals surface area contributed by atoms with Crippen molar-refractivity contribution in [2.24, 2.45) is 5.92 Å². The number of benzene rings is 2. The van der Waals surface area contributed by atoms with Crippen LogP contribution in [0.4, 0.5) is 5.69 Å². The van der Waals surface area contributed by atoms with Gasteiger partial charge in [-0.2, -0.15) is 5.26 Å². The van der Waals surface area contributed by atoms with Crippen LogP contribution in [0, 0.1) is 17.2 Å². The van der Waals surface area contributed by atoms with Gasteiger partial charge in [-0.3, -0.25) is 14.5 Å². The maximum atomic E-state index is 12.9. The fourth-order valence-electron chi connectivity index (χ4n) is 3.34. The summed E-state index contributed by atoms with van der Waals surface area (Å²) in [6, 6.07) is 13.7. The van der Waals surface area contributed by atoms with E-state index in [0.29, 0.717) is 16.8 Å². The molecular formula is C22H20N2O4. The molecule has 1 aliphatic heterocycles. The predicted octanol–water partition coefficient (Wildman–Crippen LogP) is 3.78. The number of rotatable bonds is 5. The lowest BCUT2D eigenvalue weighted by molar-refractivity contribution is -0.118. The molecule has 0 saturated carbocycles. The molecule has 1 amide bonds. The van der Waals surface area contributed by atoms with Crippen molar-refractivity contribution in [2.75, 3.05) is 4.90 Å². The van der Waals surface area contributed by atoms with Gasteiger partial charge in [-0.25, -0.2) is 0 Å². The maximum absolute atomic E-state index is 12.9. The van der Waals surface area contributed by atoms with Crippen LogP contribution in [0.2, 0.25) is 0 Å². The van der Waals surface area contributed by atoms with Crippen molar-refractivity contribution in [2.45, 2.75) is 26.3 Å². The minimum atomic E-state index is -0.862. The van der Waals surface area contributed by atoms with Crippen molar-refractivity contribution < 1.29 is 19.8 Å². The van der Waals surface area contributed by atoms with E-state index in [4.69, 9.17) is 5.26 Å². The number of ketones is 1. The SMILES string of the molecule is CC(C)CC(=O)C1=C(O)C(=O)N(c2ccc(C#N)cc2)C1c1cccc(O)c1. The molecule has 6 nitrogen and oxygen atoms in total. The molecule has 1 heterocycles. The molecule has 2 N–H and O–H groups in total. The smallest absolute Gasteiger partial charge is 0.294 e. The Kier molecular flexibility index (Phi) is 5.18. The second kappa shape index (κ2) is 7.57. The topological polar surface area (TPSA) is 102 Å². The number of nitrogens with zero attached hydrogens (tertiary/aromatic N) is 2. The van der Waals surface area contributed by atoms with Gasteiger partial charge in [0, 0.05) is 12.1 Å². The molecule has 0 spiro atoms. The van der Waals surface area contributed by atoms with Gasteiger partial charge in [-0.1, -0.05) is 26.0 Å². The highest BCUT2D eigenvalue weighted by Gasteiger charge is 2.44. The molecule has 0 fully saturated rings. The first-order valence-corrected chi connectivity index (χ1v) is 8.92. The number of carbonyl (C=O) groups is 2. The summed E-state index contributed by atoms with van der Waals surface area (Å²) in [6.07, 6.45) is 0.184. The number of phenols is 1. The summed E-state index contributed by atoms with van der Waals surface area (Å²) in [7, 11) is 0. The summed E-state index contributed by atoms with van der Waals surface area (Å²) in [5.74, 6) is -1.54. The van der Waals surface area contributed by atoms with Crippen LogP contribution in [0.3, 0.4) is 0 Å². The van der Waals surface area contributed by atoms with Crippen LogP contribution >= 0.6 is 0 Å². The average molecular weight is 376 g/mol. The summed E-state index contributed by atoms with van der Waals surface area (Å²) in [5, 5.41) is 29.4. The molecule has 142 valence electrons. The number of aliphatic hydroxyl groups excluding tert-OH is 1. The van der Waals surface area contributed by atoms with Crippen LogP contribution in [0.5, 0.6) is 5.75 Å². The largest absolute Gasteiger partial charge is 0.508 e. The molecule has 0 saturated heterocycles. The van der Waals surface area contributed by atoms with Crippen molar-refractivity contribution in [3.8, 4) is 11.8 Å². The van der Waals surface area contributed by atoms with Crippen LogP contribution in [0.15, 0.2) is 59.9 Å². The molecule has 1 atom stereocenters. The van der Waals surface area contributed by atoms with E-state index in [1.54, 1.807) is 36.4 Å². The number of phenolic OH excluding ortho intramolecular Hbond substituents is 1. The highest BCUT2D eigenvalue weighted by Crippen LogP contribution is 2.42. The zero-order chi connectivity index (χ0) is 20.4. The van der Waals surface area contributed by atoms with Crippen LogP contribution in [0.25, 0.3) is 0 Å². The van der Waals surface area contributed by atoms with Gasteiger partial charge in [0.15, 0.2) is 11.5 Å². The first kappa shape index (κ1) is 19.2. The molecule has 1 unspecified atom stereocenters. The lowest BCUT2D eigenvalue weighted by Gasteiger charge is -2.27. The molecule has 3 rings (SSSR count). The van der Waals surface area contributed by atoms with Crippen molar-refractivity contribution >= 4 is 17.4 Å². The lowest BCUT2D eigenvalue weighted by atomic mass is 9.92. The number of amides is 1. The first-order chi connectivity index (χ1) is 13.3. The van der Waals surface area contributed by atoms with E-state index < -0.39 is 17.7 Å². The van der Waals surface area contributed by atoms with Crippen molar-refractivity contribution in [3.05, 3.63) is 71.0 Å². The van der Waals surface area contributed by atoms with Crippen LogP contribution < -0.4 is 4.90 Å². The molecule has 0 radical (unpaired) electrons. The number of anilines is 1. The highest BCUT2D eigenvalue weighted by atomic mass is 16.3. The number of aromatic hydroxyl groups is 1. The number of hydrogen-bond donors (Lipinski definition) is 2. The van der Waals surface area contributed by atoms with Gasteiger partial charge in [0.2, 0.25) is 0 Å². The van der Waals surface area contributed by atoms with Crippen LogP contribution in [0.1, 0.15) is 37.4 Å². The Labute approximate surface area is 163 Å². The van der Waals surface area contributed by atoms with Crippen molar-refractivity contribution in [1.82, 2.24) is 0 Å². The van der Waals surface area contributed by atoms with Crippen LogP contribution in [-0.4, -0.2) is 21.9 Å². The molecule has 2 aromatic rings. The zero-order valence-electron chi connectivity index (χ0n) is 15.6. The minimum absolute atomic E-state index is 0.00762. The fourth-order valence-corrected chi connectivity index (χ4v) is 3.34. The van der Waals surface area contributed by atoms with E-state index in [-0.39, 0.29) is 29.4 Å². The first-order valence-electron chi connectivity index (χ1n) is 8.92. The Morgan fingerprint density at radius 2 is 1.86 bits per heavy atom. The summed E-state index contributed by atoms with van der Waals surface area (Å²) < 4.78 is 0. The quantitative estimate of drug-likeness (QED) is 0.827. The number of carbonyl (C=O) groups excluding carboxylic acids is 2. The summed E-state index contributed by atoms with van der Waals surface area (Å²) in [4.78, 5) is 27.0. The van der Waals surface area contributed by atoms with Gasteiger partial charge in [-0.15, -0.1) is 0 Å². The molecule has 0 aromatic heterocycles. The number of aliphatic hydroxyl groups is 1. The van der Waals surface area contributed by atoms with Gasteiger partial charge in [-0.05, 0) is 47.9 Å². The summed E-state index contributed by atoms with van der Waals surface area (Å²) in [6.45, 7) is 3.77. The molecule has 28 heavy (non-hydrogen) atoms. The third-order valence-corrected chi connectivity index (χ3v) is 4.56. The highest BCUT2D eigenvalue weighted by molar-refractivity contribution is 6.16. The molecule has 0 aliphatic carbocycles. The monoisotopic (exact) mass is 376 g/mol. The van der Waals surface area contributed by atoms with E-state index in [2.05, 4.69) is 0 Å². The van der Waals surface area contributed by atoms with E-state index in [9.17, 15) is 19.8 Å². The zero-order valence-corrected chi connectivity index (χ0v) is 15.6. The van der Waals surface area contributed by atoms with Gasteiger partial charge < -0.3 is 10.2 Å². The van der Waals surface area contributed by atoms with Gasteiger partial charge >= 0.3 is 0 Å². The van der Waals surface area contributed by atoms with Gasteiger partial charge in [0.1, 0.15) is 5.75 Å². The molecule has 1 aliphatic rings. The van der Waals surface area contributed by atoms with E-state index >= 15 is 0 Å². The predicted molar refractivity (Wildman–Crippen MR) is 104 cm³/mol. The number of Topliss-reactive ketones (excluding diaryl/α,β-unsaturated/α-hetero) is 1. The average Bonchev–Trinajstić information content (AvgIpc) is 2.92. The Balaban J connectivity index is 2.14. The fraction of sp³-hybridized carbons (Fsp3) is 0.227. The van der Waals surface area contributed by atoms with Gasteiger partial charge in [0.05, 0.1) is 23.2 Å². The summed E-state index contributed by atoms with van der Waals surface area (Å²) in [5.41, 5.74) is 1.40. The molecule has 6 heteroatoms. The Morgan fingerprint density at radius 1 is 1.18 bits per heavy atom. The lowest BCUT2D eigenvalue weighted by Crippen LogP contribution is -2.31. The van der Waals surface area contributed by atoms with Crippen molar-refractivity contribution in [1.29, 1.82) is 5.26 Å².